The number of carbonyl (C=O) groups excluding carboxylic acids is 1. The Balaban J connectivity index is 1.84. The van der Waals surface area contributed by atoms with Crippen LogP contribution in [0.3, 0.4) is 0 Å². The number of ether oxygens (including phenoxy) is 2. The molecule has 7 heteroatoms. The van der Waals surface area contributed by atoms with E-state index in [9.17, 15) is 13.2 Å². The molecule has 6 nitrogen and oxygen atoms in total. The van der Waals surface area contributed by atoms with E-state index >= 15 is 0 Å². The van der Waals surface area contributed by atoms with Crippen molar-refractivity contribution in [2.45, 2.75) is 30.1 Å². The molecule has 1 amide bonds. The van der Waals surface area contributed by atoms with Gasteiger partial charge in [-0.1, -0.05) is 18.2 Å². The molecule has 0 unspecified atom stereocenters. The predicted molar refractivity (Wildman–Crippen MR) is 111 cm³/mol. The van der Waals surface area contributed by atoms with Crippen molar-refractivity contribution in [3.63, 3.8) is 0 Å². The van der Waals surface area contributed by atoms with Gasteiger partial charge in [0, 0.05) is 37.0 Å². The van der Waals surface area contributed by atoms with Crippen LogP contribution in [0.4, 0.5) is 0 Å². The van der Waals surface area contributed by atoms with Gasteiger partial charge < -0.3 is 14.8 Å². The van der Waals surface area contributed by atoms with Gasteiger partial charge in [0.1, 0.15) is 5.75 Å². The molecule has 2 aromatic rings. The Labute approximate surface area is 172 Å². The molecule has 1 N–H and O–H groups in total. The number of methoxy groups -OCH3 is 1. The summed E-state index contributed by atoms with van der Waals surface area (Å²) in [5.74, 6) is 0.514. The molecule has 0 radical (unpaired) electrons. The molecule has 0 aromatic heterocycles. The Kier molecular flexibility index (Phi) is 6.29. The maximum Gasteiger partial charge on any atom is 0.251 e. The lowest BCUT2D eigenvalue weighted by atomic mass is 9.74. The normalized spacial score (nSPS) is 16.2. The molecule has 0 spiro atoms. The van der Waals surface area contributed by atoms with Crippen LogP contribution in [0.2, 0.25) is 0 Å². The minimum Gasteiger partial charge on any atom is -0.497 e. The van der Waals surface area contributed by atoms with Crippen molar-refractivity contribution in [2.75, 3.05) is 33.1 Å². The first kappa shape index (κ1) is 21.3. The summed E-state index contributed by atoms with van der Waals surface area (Å²) in [6, 6.07) is 12.6. The Hall–Kier alpha value is -2.38. The quantitative estimate of drug-likeness (QED) is 0.782. The van der Waals surface area contributed by atoms with E-state index in [-0.39, 0.29) is 16.2 Å². The van der Waals surface area contributed by atoms with Crippen molar-refractivity contribution in [3.05, 3.63) is 59.2 Å². The minimum atomic E-state index is -3.38. The van der Waals surface area contributed by atoms with Gasteiger partial charge in [0.25, 0.3) is 5.91 Å². The van der Waals surface area contributed by atoms with Gasteiger partial charge in [-0.2, -0.15) is 0 Å². The summed E-state index contributed by atoms with van der Waals surface area (Å²) < 4.78 is 34.5. The molecule has 0 atom stereocenters. The van der Waals surface area contributed by atoms with Gasteiger partial charge in [0.2, 0.25) is 0 Å². The van der Waals surface area contributed by atoms with Crippen LogP contribution in [0.5, 0.6) is 5.75 Å². The van der Waals surface area contributed by atoms with E-state index in [2.05, 4.69) is 5.32 Å². The van der Waals surface area contributed by atoms with Gasteiger partial charge >= 0.3 is 0 Å². The van der Waals surface area contributed by atoms with Crippen LogP contribution in [-0.2, 0) is 20.0 Å². The fraction of sp³-hybridized carbons (Fsp3) is 0.409. The fourth-order valence-corrected chi connectivity index (χ4v) is 4.34. The summed E-state index contributed by atoms with van der Waals surface area (Å²) in [5.41, 5.74) is 2.01. The molecule has 29 heavy (non-hydrogen) atoms. The molecule has 3 rings (SSSR count). The lowest BCUT2D eigenvalue weighted by molar-refractivity contribution is 0.0487. The van der Waals surface area contributed by atoms with Crippen molar-refractivity contribution < 1.29 is 22.7 Å². The standard InChI is InChI=1S/C22H27NO5S/c1-16-4-9-19(29(3,25)26)14-20(16)21(24)23-15-22(10-12-28-13-11-22)17-5-7-18(27-2)8-6-17/h4-9,14H,10-13,15H2,1-3H3,(H,23,24). The Morgan fingerprint density at radius 2 is 1.79 bits per heavy atom. The Bertz CT molecular complexity index is 977. The summed E-state index contributed by atoms with van der Waals surface area (Å²) in [4.78, 5) is 13.0. The number of sulfone groups is 1. The number of amides is 1. The summed E-state index contributed by atoms with van der Waals surface area (Å²) in [6.45, 7) is 3.51. The topological polar surface area (TPSA) is 81.7 Å². The van der Waals surface area contributed by atoms with Gasteiger partial charge in [-0.3, -0.25) is 4.79 Å². The number of carbonyl (C=O) groups is 1. The summed E-state index contributed by atoms with van der Waals surface area (Å²) in [5, 5.41) is 3.04. The molecule has 1 heterocycles. The van der Waals surface area contributed by atoms with Crippen LogP contribution in [0.25, 0.3) is 0 Å². The zero-order valence-electron chi connectivity index (χ0n) is 17.0. The molecule has 1 aliphatic rings. The Morgan fingerprint density at radius 3 is 2.38 bits per heavy atom. The number of nitrogens with one attached hydrogen (secondary N) is 1. The largest absolute Gasteiger partial charge is 0.497 e. The molecule has 1 saturated heterocycles. The first-order chi connectivity index (χ1) is 13.7. The highest BCUT2D eigenvalue weighted by molar-refractivity contribution is 7.90. The van der Waals surface area contributed by atoms with Gasteiger partial charge in [0.05, 0.1) is 12.0 Å². The highest BCUT2D eigenvalue weighted by atomic mass is 32.2. The van der Waals surface area contributed by atoms with Crippen LogP contribution < -0.4 is 10.1 Å². The molecule has 1 aliphatic heterocycles. The van der Waals surface area contributed by atoms with Gasteiger partial charge in [-0.15, -0.1) is 0 Å². The molecule has 1 fully saturated rings. The third kappa shape index (κ3) is 4.79. The second kappa shape index (κ2) is 8.55. The van der Waals surface area contributed by atoms with Gasteiger partial charge in [-0.05, 0) is 55.2 Å². The minimum absolute atomic E-state index is 0.143. The third-order valence-electron chi connectivity index (χ3n) is 5.62. The smallest absolute Gasteiger partial charge is 0.251 e. The highest BCUT2D eigenvalue weighted by Gasteiger charge is 2.35. The monoisotopic (exact) mass is 417 g/mol. The summed E-state index contributed by atoms with van der Waals surface area (Å²) in [7, 11) is -1.75. The zero-order chi connectivity index (χ0) is 21.1. The van der Waals surface area contributed by atoms with E-state index in [0.29, 0.717) is 25.3 Å². The number of hydrogen-bond acceptors (Lipinski definition) is 5. The van der Waals surface area contributed by atoms with Gasteiger partial charge in [0.15, 0.2) is 9.84 Å². The molecule has 156 valence electrons. The number of rotatable bonds is 6. The lowest BCUT2D eigenvalue weighted by Crippen LogP contribution is -2.44. The van der Waals surface area contributed by atoms with E-state index in [0.717, 1.165) is 36.0 Å². The van der Waals surface area contributed by atoms with Crippen LogP contribution in [0.15, 0.2) is 47.4 Å². The zero-order valence-corrected chi connectivity index (χ0v) is 17.8. The van der Waals surface area contributed by atoms with E-state index in [1.807, 2.05) is 24.3 Å². The number of benzene rings is 2. The van der Waals surface area contributed by atoms with Crippen molar-refractivity contribution >= 4 is 15.7 Å². The molecule has 0 bridgehead atoms. The van der Waals surface area contributed by atoms with Crippen molar-refractivity contribution in [1.29, 1.82) is 0 Å². The average molecular weight is 418 g/mol. The maximum atomic E-state index is 12.9. The Morgan fingerprint density at radius 1 is 1.14 bits per heavy atom. The molecule has 2 aromatic carbocycles. The lowest BCUT2D eigenvalue weighted by Gasteiger charge is -2.38. The first-order valence-corrected chi connectivity index (χ1v) is 11.5. The summed E-state index contributed by atoms with van der Waals surface area (Å²) >= 11 is 0. The van der Waals surface area contributed by atoms with E-state index in [4.69, 9.17) is 9.47 Å². The SMILES string of the molecule is COc1ccc(C2(CNC(=O)c3cc(S(C)(=O)=O)ccc3C)CCOCC2)cc1. The van der Waals surface area contributed by atoms with Crippen LogP contribution in [0, 0.1) is 6.92 Å². The van der Waals surface area contributed by atoms with Crippen molar-refractivity contribution in [3.8, 4) is 5.75 Å². The van der Waals surface area contributed by atoms with Crippen molar-refractivity contribution in [1.82, 2.24) is 5.32 Å². The summed E-state index contributed by atoms with van der Waals surface area (Å²) in [6.07, 6.45) is 2.73. The van der Waals surface area contributed by atoms with Crippen LogP contribution in [0.1, 0.15) is 34.3 Å². The number of hydrogen-bond donors (Lipinski definition) is 1. The van der Waals surface area contributed by atoms with Crippen LogP contribution in [-0.4, -0.2) is 47.4 Å². The molecular weight excluding hydrogens is 390 g/mol. The van der Waals surface area contributed by atoms with Crippen molar-refractivity contribution in [2.24, 2.45) is 0 Å². The van der Waals surface area contributed by atoms with Gasteiger partial charge in [-0.25, -0.2) is 8.42 Å². The van der Waals surface area contributed by atoms with Crippen LogP contribution >= 0.6 is 0 Å². The number of aryl methyl sites for hydroxylation is 1. The molecule has 0 aliphatic carbocycles. The van der Waals surface area contributed by atoms with E-state index in [1.54, 1.807) is 20.1 Å². The fourth-order valence-electron chi connectivity index (χ4n) is 3.70. The predicted octanol–water partition coefficient (Wildman–Crippen LogP) is 2.89. The highest BCUT2D eigenvalue weighted by Crippen LogP contribution is 2.35. The second-order valence-corrected chi connectivity index (χ2v) is 9.57. The average Bonchev–Trinajstić information content (AvgIpc) is 2.72. The molecule has 0 saturated carbocycles. The van der Waals surface area contributed by atoms with E-state index in [1.165, 1.54) is 12.1 Å². The first-order valence-electron chi connectivity index (χ1n) is 9.56. The van der Waals surface area contributed by atoms with E-state index < -0.39 is 9.84 Å². The second-order valence-electron chi connectivity index (χ2n) is 7.55. The molecular formula is C22H27NO5S. The third-order valence-corrected chi connectivity index (χ3v) is 6.73. The maximum absolute atomic E-state index is 12.9.